The van der Waals surface area contributed by atoms with Crippen LogP contribution in [0.25, 0.3) is 5.52 Å². The lowest BCUT2D eigenvalue weighted by atomic mass is 10.1. The molecule has 3 aromatic heterocycles. The summed E-state index contributed by atoms with van der Waals surface area (Å²) < 4.78 is 32.3. The molecule has 3 atom stereocenters. The van der Waals surface area contributed by atoms with E-state index >= 15 is 0 Å². The monoisotopic (exact) mass is 433 g/mol. The third-order valence-corrected chi connectivity index (χ3v) is 4.63. The van der Waals surface area contributed by atoms with Crippen LogP contribution in [0.3, 0.4) is 0 Å². The zero-order valence-corrected chi connectivity index (χ0v) is 17.3. The van der Waals surface area contributed by atoms with Gasteiger partial charge in [-0.1, -0.05) is 0 Å². The van der Waals surface area contributed by atoms with Crippen molar-refractivity contribution < 1.29 is 23.4 Å². The number of alkyl carbamates (subject to hydrolysis) is 1. The number of alkyl halides is 1. The Morgan fingerprint density at radius 3 is 3.06 bits per heavy atom. The van der Waals surface area contributed by atoms with Gasteiger partial charge < -0.3 is 24.8 Å². The van der Waals surface area contributed by atoms with E-state index in [1.165, 1.54) is 0 Å². The lowest BCUT2D eigenvalue weighted by molar-refractivity contribution is 0.0615. The van der Waals surface area contributed by atoms with Crippen LogP contribution in [0.5, 0.6) is 0 Å². The minimum Gasteiger partial charge on any atom is -0.441 e. The van der Waals surface area contributed by atoms with E-state index in [0.717, 1.165) is 11.2 Å². The first-order valence-corrected chi connectivity index (χ1v) is 9.82. The van der Waals surface area contributed by atoms with Gasteiger partial charge in [-0.2, -0.15) is 10.2 Å². The smallest absolute Gasteiger partial charge is 0.407 e. The lowest BCUT2D eigenvalue weighted by Crippen LogP contribution is -2.36. The van der Waals surface area contributed by atoms with Crippen LogP contribution in [0, 0.1) is 0 Å². The van der Waals surface area contributed by atoms with Crippen LogP contribution in [0.1, 0.15) is 31.3 Å². The summed E-state index contributed by atoms with van der Waals surface area (Å²) in [6, 6.07) is 3.38. The molecule has 1 fully saturated rings. The van der Waals surface area contributed by atoms with Gasteiger partial charge in [0.2, 0.25) is 0 Å². The molecule has 11 nitrogen and oxygen atoms in total. The van der Waals surface area contributed by atoms with E-state index in [0.29, 0.717) is 23.9 Å². The van der Waals surface area contributed by atoms with Crippen LogP contribution < -0.4 is 10.6 Å². The van der Waals surface area contributed by atoms with Crippen molar-refractivity contribution in [3.8, 4) is 0 Å². The molecule has 0 unspecified atom stereocenters. The van der Waals surface area contributed by atoms with Crippen molar-refractivity contribution in [1.29, 1.82) is 0 Å². The van der Waals surface area contributed by atoms with E-state index in [1.807, 2.05) is 6.07 Å². The molecule has 0 saturated carbocycles. The number of nitrogens with zero attached hydrogens (tertiary/aromatic N) is 4. The van der Waals surface area contributed by atoms with Crippen LogP contribution in [0.15, 0.2) is 24.5 Å². The van der Waals surface area contributed by atoms with Gasteiger partial charge in [-0.3, -0.25) is 5.10 Å². The van der Waals surface area contributed by atoms with Crippen LogP contribution in [-0.2, 0) is 20.8 Å². The number of amides is 1. The van der Waals surface area contributed by atoms with Crippen LogP contribution in [0.4, 0.5) is 20.8 Å². The van der Waals surface area contributed by atoms with Crippen LogP contribution >= 0.6 is 0 Å². The summed E-state index contributed by atoms with van der Waals surface area (Å²) in [5.74, 6) is 0.967. The van der Waals surface area contributed by atoms with Crippen molar-refractivity contribution in [3.63, 3.8) is 0 Å². The maximum atomic E-state index is 14.8. The van der Waals surface area contributed by atoms with E-state index in [1.54, 1.807) is 43.9 Å². The molecule has 0 bridgehead atoms. The van der Waals surface area contributed by atoms with Gasteiger partial charge in [0.1, 0.15) is 11.6 Å². The molecule has 0 aliphatic carbocycles. The predicted molar refractivity (Wildman–Crippen MR) is 108 cm³/mol. The Labute approximate surface area is 177 Å². The third-order valence-electron chi connectivity index (χ3n) is 4.63. The van der Waals surface area contributed by atoms with Crippen LogP contribution in [0.2, 0.25) is 0 Å². The first kappa shape index (κ1) is 21.0. The van der Waals surface area contributed by atoms with Gasteiger partial charge in [-0.25, -0.2) is 18.7 Å². The SMILES string of the molecule is COCc1cc2c(Nc3cc([C@@H]4OC[C@H](OC(=O)NC(C)C)[C@@H]4F)[nH]n3)nccn2n1. The number of halogens is 1. The highest BCUT2D eigenvalue weighted by atomic mass is 19.1. The van der Waals surface area contributed by atoms with Gasteiger partial charge in [0.15, 0.2) is 23.9 Å². The Bertz CT molecular complexity index is 1050. The number of fused-ring (bicyclic) bond motifs is 1. The molecule has 0 radical (unpaired) electrons. The number of hydrogen-bond acceptors (Lipinski definition) is 8. The quantitative estimate of drug-likeness (QED) is 0.518. The summed E-state index contributed by atoms with van der Waals surface area (Å²) >= 11 is 0. The zero-order chi connectivity index (χ0) is 22.0. The number of ether oxygens (including phenoxy) is 3. The number of carbonyl (C=O) groups excluding carboxylic acids is 1. The number of anilines is 2. The molecular weight excluding hydrogens is 409 g/mol. The van der Waals surface area contributed by atoms with Crippen molar-refractivity contribution >= 4 is 23.2 Å². The largest absolute Gasteiger partial charge is 0.441 e. The highest BCUT2D eigenvalue weighted by molar-refractivity contribution is 5.72. The summed E-state index contributed by atoms with van der Waals surface area (Å²) in [7, 11) is 1.60. The van der Waals surface area contributed by atoms with E-state index < -0.39 is 24.5 Å². The van der Waals surface area contributed by atoms with Crippen LogP contribution in [-0.4, -0.2) is 62.9 Å². The van der Waals surface area contributed by atoms with Crippen molar-refractivity contribution in [2.75, 3.05) is 19.0 Å². The normalized spacial score (nSPS) is 21.0. The van der Waals surface area contributed by atoms with E-state index in [9.17, 15) is 9.18 Å². The van der Waals surface area contributed by atoms with E-state index in [4.69, 9.17) is 14.2 Å². The van der Waals surface area contributed by atoms with E-state index in [2.05, 4.69) is 30.9 Å². The summed E-state index contributed by atoms with van der Waals surface area (Å²) in [5.41, 5.74) is 1.92. The molecule has 4 rings (SSSR count). The molecule has 3 N–H and O–H groups in total. The topological polar surface area (TPSA) is 128 Å². The average Bonchev–Trinajstić information content (AvgIpc) is 3.41. The fourth-order valence-corrected chi connectivity index (χ4v) is 3.30. The minimum absolute atomic E-state index is 0.0436. The molecule has 31 heavy (non-hydrogen) atoms. The fourth-order valence-electron chi connectivity index (χ4n) is 3.30. The number of rotatable bonds is 7. The standard InChI is InChI=1S/C19H24FN7O4/c1-10(2)22-19(28)31-14-9-30-17(16(14)20)12-7-15(25-24-12)23-18-13-6-11(8-29-3)26-27(13)5-4-21-18/h4-7,10,14,16-17H,8-9H2,1-3H3,(H,22,28)(H2,21,23,24,25)/t14-,16-,17-/m0/s1. The molecule has 4 heterocycles. The maximum Gasteiger partial charge on any atom is 0.407 e. The molecular formula is C19H24FN7O4. The first-order chi connectivity index (χ1) is 14.9. The third kappa shape index (κ3) is 4.59. The Hall–Kier alpha value is -3.25. The second-order valence-electron chi connectivity index (χ2n) is 7.45. The number of aromatic nitrogens is 5. The highest BCUT2D eigenvalue weighted by Crippen LogP contribution is 2.33. The average molecular weight is 433 g/mol. The predicted octanol–water partition coefficient (Wildman–Crippen LogP) is 2.25. The van der Waals surface area contributed by atoms with Crippen molar-refractivity contribution in [2.24, 2.45) is 0 Å². The Kier molecular flexibility index (Phi) is 6.00. The Balaban J connectivity index is 1.44. The molecule has 1 saturated heterocycles. The van der Waals surface area contributed by atoms with Gasteiger partial charge in [0.05, 0.1) is 24.6 Å². The number of hydrogen-bond donors (Lipinski definition) is 3. The molecule has 1 aliphatic rings. The maximum absolute atomic E-state index is 14.8. The number of nitrogens with one attached hydrogen (secondary N) is 3. The highest BCUT2D eigenvalue weighted by Gasteiger charge is 2.42. The zero-order valence-electron chi connectivity index (χ0n) is 17.3. The van der Waals surface area contributed by atoms with Gasteiger partial charge in [-0.05, 0) is 19.9 Å². The number of carbonyl (C=O) groups is 1. The molecule has 166 valence electrons. The van der Waals surface area contributed by atoms with Crippen molar-refractivity contribution in [3.05, 3.63) is 35.9 Å². The lowest BCUT2D eigenvalue weighted by Gasteiger charge is -2.16. The Morgan fingerprint density at radius 2 is 2.29 bits per heavy atom. The second kappa shape index (κ2) is 8.86. The number of H-pyrrole nitrogens is 1. The Morgan fingerprint density at radius 1 is 1.45 bits per heavy atom. The first-order valence-electron chi connectivity index (χ1n) is 9.82. The van der Waals surface area contributed by atoms with Gasteiger partial charge in [-0.15, -0.1) is 0 Å². The van der Waals surface area contributed by atoms with E-state index in [-0.39, 0.29) is 12.6 Å². The summed E-state index contributed by atoms with van der Waals surface area (Å²) in [4.78, 5) is 16.1. The molecule has 1 amide bonds. The summed E-state index contributed by atoms with van der Waals surface area (Å²) in [6.07, 6.45) is -0.790. The number of methoxy groups -OCH3 is 1. The van der Waals surface area contributed by atoms with Crippen molar-refractivity contribution in [1.82, 2.24) is 30.1 Å². The second-order valence-corrected chi connectivity index (χ2v) is 7.45. The molecule has 0 spiro atoms. The van der Waals surface area contributed by atoms with Gasteiger partial charge >= 0.3 is 6.09 Å². The molecule has 1 aliphatic heterocycles. The molecule has 12 heteroatoms. The summed E-state index contributed by atoms with van der Waals surface area (Å²) in [6.45, 7) is 3.92. The minimum atomic E-state index is -1.53. The summed E-state index contributed by atoms with van der Waals surface area (Å²) in [5, 5.41) is 17.0. The fraction of sp³-hybridized carbons (Fsp3) is 0.474. The molecule has 3 aromatic rings. The van der Waals surface area contributed by atoms with Crippen molar-refractivity contribution in [2.45, 2.75) is 44.9 Å². The number of aromatic amines is 1. The van der Waals surface area contributed by atoms with Gasteiger partial charge in [0, 0.05) is 31.6 Å². The molecule has 0 aromatic carbocycles. The van der Waals surface area contributed by atoms with Gasteiger partial charge in [0.25, 0.3) is 0 Å².